The summed E-state index contributed by atoms with van der Waals surface area (Å²) in [4.78, 5) is 11.9. The second-order valence-electron chi connectivity index (χ2n) is 38.5. The Morgan fingerprint density at radius 3 is 1.02 bits per heavy atom. The predicted octanol–water partition coefficient (Wildman–Crippen LogP) is 6.15. The van der Waals surface area contributed by atoms with Crippen LogP contribution in [0.3, 0.4) is 0 Å². The van der Waals surface area contributed by atoms with Gasteiger partial charge in [0.2, 0.25) is 0 Å². The highest BCUT2D eigenvalue weighted by Gasteiger charge is 2.40. The van der Waals surface area contributed by atoms with E-state index in [1.54, 1.807) is 17.3 Å². The molecule has 29 nitrogen and oxygen atoms in total. The van der Waals surface area contributed by atoms with Crippen molar-refractivity contribution < 1.29 is 81.3 Å². The van der Waals surface area contributed by atoms with Crippen molar-refractivity contribution >= 4 is 0 Å². The Kier molecular flexibility index (Phi) is 57.5. The molecule has 0 spiro atoms. The molecule has 0 aliphatic heterocycles. The summed E-state index contributed by atoms with van der Waals surface area (Å²) in [6, 6.07) is -0.409. The number of hydrogen-bond donors (Lipinski definition) is 22. The molecule has 2 aromatic rings. The Hall–Kier alpha value is -2.58. The molecule has 8 aliphatic rings. The van der Waals surface area contributed by atoms with Crippen molar-refractivity contribution in [3.8, 4) is 0 Å². The van der Waals surface area contributed by atoms with Gasteiger partial charge < -0.3 is 117 Å². The van der Waals surface area contributed by atoms with Crippen molar-refractivity contribution in [1.29, 1.82) is 0 Å². The first-order valence-electron chi connectivity index (χ1n) is 47.1. The molecule has 8 fully saturated rings. The molecule has 8 saturated carbocycles. The first-order valence-corrected chi connectivity index (χ1v) is 47.1. The van der Waals surface area contributed by atoms with E-state index in [-0.39, 0.29) is 46.2 Å². The number of aliphatic hydroxyl groups excluding tert-OH is 7. The molecule has 0 atom stereocenters. The van der Waals surface area contributed by atoms with E-state index in [9.17, 15) is 40.9 Å². The first kappa shape index (κ1) is 112. The van der Waals surface area contributed by atoms with Crippen LogP contribution in [0.1, 0.15) is 274 Å². The van der Waals surface area contributed by atoms with Crippen LogP contribution in [0.25, 0.3) is 0 Å². The van der Waals surface area contributed by atoms with Crippen LogP contribution in [0, 0.1) is 47.3 Å². The fraction of sp³-hybridized carbons (Fsp3) is 0.934. The minimum atomic E-state index is -0.886. The molecule has 8 aliphatic carbocycles. The minimum absolute atomic E-state index is 0.0257. The second-order valence-corrected chi connectivity index (χ2v) is 38.5. The number of ether oxygens (including phenoxy) is 1. The molecule has 0 unspecified atom stereocenters. The third kappa shape index (κ3) is 50.2. The van der Waals surface area contributed by atoms with Crippen molar-refractivity contribution in [1.82, 2.24) is 66.1 Å². The number of aliphatic hydroxyl groups is 15. The Bertz CT molecular complexity index is 2660. The molecule has 0 amide bonds. The second kappa shape index (κ2) is 61.8. The van der Waals surface area contributed by atoms with Crippen molar-refractivity contribution in [2.45, 2.75) is 338 Å². The van der Waals surface area contributed by atoms with Crippen LogP contribution in [0.15, 0.2) is 37.4 Å². The van der Waals surface area contributed by atoms with E-state index >= 15 is 0 Å². The molecule has 0 bridgehead atoms. The Labute approximate surface area is 725 Å². The van der Waals surface area contributed by atoms with Gasteiger partial charge in [-0.2, -0.15) is 0 Å². The summed E-state index contributed by atoms with van der Waals surface area (Å²) in [7, 11) is 4.10. The van der Waals surface area contributed by atoms with Crippen molar-refractivity contribution in [3.05, 3.63) is 37.4 Å². The Balaban J connectivity index is 0.000000355. The van der Waals surface area contributed by atoms with E-state index in [2.05, 4.69) is 126 Å². The van der Waals surface area contributed by atoms with E-state index in [0.717, 1.165) is 300 Å². The molecular formula is C91H183N13O16. The third-order valence-corrected chi connectivity index (χ3v) is 26.4. The lowest BCUT2D eigenvalue weighted by Gasteiger charge is -2.43. The molecule has 2 aromatic heterocycles. The number of imidazole rings is 2. The number of hydrogen-bond acceptors (Lipinski definition) is 27. The van der Waals surface area contributed by atoms with Gasteiger partial charge in [0.15, 0.2) is 0 Å². The summed E-state index contributed by atoms with van der Waals surface area (Å²) >= 11 is 0. The predicted molar refractivity (Wildman–Crippen MR) is 479 cm³/mol. The average Bonchev–Trinajstić information content (AvgIpc) is 0.883. The van der Waals surface area contributed by atoms with Crippen LogP contribution in [-0.4, -0.2) is 315 Å². The van der Waals surface area contributed by atoms with Gasteiger partial charge in [-0.25, -0.2) is 9.97 Å². The highest BCUT2D eigenvalue weighted by Crippen LogP contribution is 2.38. The normalized spacial score (nSPS) is 31.9. The van der Waals surface area contributed by atoms with Crippen molar-refractivity contribution in [2.24, 2.45) is 47.3 Å². The standard InChI is InChI=1S/C14H25N3O.C13H23N3O.C12H25NO3.C11H24N2O.C11H23NO3.C11H23NO2.C10H21NO3.C9H19NO2/c1-13-3-5-14(18,6-4-13)11-15-7-2-9-17-10-8-16-12-17;1-12-2-4-13(17,5-3-12)10-14-6-8-16-9-7-15-11-16;1-11-2-4-12(15,5-3-11)10-13-6-8-16-9-7-14;1-10-4-6-11(14,7-5-10)12-8-9-13(2)3;1-10-2-4-11(15,5-3-10)12(6-8-13)7-9-14;1-10-3-5-11(14,6-4-10)9-12-7-2-8-13;1-8-2-4-10(14,5-3-8)11-9(6-12)7-13;1-8-2-4-9(12,5-3-8)10-6-7-11/h8,10,12-13,15,18H,2-7,9,11H2,1H3;7,9,11-12,14,17H,2-6,8,10H2,1H3;11,13-15H,2-10H2,1H3;10,12,14H,4-9H2,1-3H3;10,13-15H,2-9H2,1H3;10,12-14H,2-9H2,1H3;8-9,11-14H,2-7H2,1H3;8,10-12H,2-7H2,1H3. The van der Waals surface area contributed by atoms with Crippen LogP contribution in [0.2, 0.25) is 0 Å². The van der Waals surface area contributed by atoms with Crippen LogP contribution < -0.4 is 37.2 Å². The maximum absolute atomic E-state index is 10.4. The zero-order valence-electron chi connectivity index (χ0n) is 77.0. The number of nitrogens with zero attached hydrogens (tertiary/aromatic N) is 6. The SMILES string of the molecule is CC1CCC(O)(CNCCCO)CC1.CC1CCC(O)(CNCCCn2ccnc2)CC1.CC1CCC(O)(CNCCOCCO)CC1.CC1CCC(O)(CNCCn2ccnc2)CC1.CC1CCC(O)(N(CCO)CCO)CC1.CC1CCC(O)(NC(CO)CO)CC1.CC1CCC(O)(NCCN(C)C)CC1.CC1CCC(O)(NCCO)CC1. The molecular weight excluding hydrogens is 1530 g/mol. The van der Waals surface area contributed by atoms with E-state index in [4.69, 9.17) is 40.5 Å². The molecule has 10 rings (SSSR count). The lowest BCUT2D eigenvalue weighted by Crippen LogP contribution is -2.54. The van der Waals surface area contributed by atoms with E-state index in [0.29, 0.717) is 77.2 Å². The van der Waals surface area contributed by atoms with Gasteiger partial charge in [-0.15, -0.1) is 0 Å². The van der Waals surface area contributed by atoms with Gasteiger partial charge in [0, 0.05) is 116 Å². The molecule has 22 N–H and O–H groups in total. The molecule has 2 heterocycles. The summed E-state index contributed by atoms with van der Waals surface area (Å²) in [5.74, 6) is 5.95. The highest BCUT2D eigenvalue weighted by atomic mass is 16.5. The topological polar surface area (TPSA) is 439 Å². The molecule has 0 aromatic carbocycles. The number of nitrogens with one attached hydrogen (secondary N) is 7. The maximum Gasteiger partial charge on any atom is 0.118 e. The summed E-state index contributed by atoms with van der Waals surface area (Å²) in [6.45, 7) is 30.3. The van der Waals surface area contributed by atoms with Gasteiger partial charge in [0.1, 0.15) is 22.9 Å². The zero-order chi connectivity index (χ0) is 88.8. The number of aromatic nitrogens is 4. The summed E-state index contributed by atoms with van der Waals surface area (Å²) in [5, 5.41) is 165. The lowest BCUT2D eigenvalue weighted by atomic mass is 9.79. The number of likely N-dealkylation sites (N-methyl/N-ethyl adjacent to an activating group) is 1. The quantitative estimate of drug-likeness (QED) is 0.0264. The highest BCUT2D eigenvalue weighted by molar-refractivity contribution is 4.92. The fourth-order valence-corrected chi connectivity index (χ4v) is 17.0. The van der Waals surface area contributed by atoms with Gasteiger partial charge in [-0.3, -0.25) is 20.9 Å². The monoisotopic (exact) mass is 1710 g/mol. The van der Waals surface area contributed by atoms with Gasteiger partial charge in [0.05, 0.1) is 94.0 Å². The lowest BCUT2D eigenvalue weighted by molar-refractivity contribution is -0.144. The third-order valence-electron chi connectivity index (χ3n) is 26.4. The number of rotatable bonds is 39. The number of aryl methyl sites for hydroxylation is 1. The van der Waals surface area contributed by atoms with Crippen LogP contribution in [0.5, 0.6) is 0 Å². The van der Waals surface area contributed by atoms with E-state index < -0.39 is 51.3 Å². The van der Waals surface area contributed by atoms with Crippen LogP contribution in [0.4, 0.5) is 0 Å². The summed E-state index contributed by atoms with van der Waals surface area (Å²) in [5.41, 5.74) is -4.90. The fourth-order valence-electron chi connectivity index (χ4n) is 17.0. The van der Waals surface area contributed by atoms with Crippen molar-refractivity contribution in [3.63, 3.8) is 0 Å². The van der Waals surface area contributed by atoms with Crippen LogP contribution in [-0.2, 0) is 17.8 Å². The minimum Gasteiger partial charge on any atom is -0.396 e. The van der Waals surface area contributed by atoms with Gasteiger partial charge in [-0.1, -0.05) is 55.4 Å². The first-order chi connectivity index (χ1) is 57.1. The average molecular weight is 1720 g/mol. The molecule has 708 valence electrons. The Morgan fingerprint density at radius 2 is 0.692 bits per heavy atom. The Morgan fingerprint density at radius 1 is 0.358 bits per heavy atom. The van der Waals surface area contributed by atoms with Gasteiger partial charge in [0.25, 0.3) is 0 Å². The zero-order valence-corrected chi connectivity index (χ0v) is 77.0. The maximum atomic E-state index is 10.4. The van der Waals surface area contributed by atoms with Gasteiger partial charge in [-0.05, 0) is 293 Å². The van der Waals surface area contributed by atoms with E-state index in [1.807, 2.05) is 29.6 Å². The van der Waals surface area contributed by atoms with Crippen molar-refractivity contribution in [2.75, 3.05) is 159 Å². The molecule has 0 saturated heterocycles. The molecule has 120 heavy (non-hydrogen) atoms. The molecule has 29 heteroatoms. The summed E-state index contributed by atoms with van der Waals surface area (Å²) in [6.07, 6.45) is 44.4. The largest absolute Gasteiger partial charge is 0.396 e. The van der Waals surface area contributed by atoms with E-state index in [1.165, 1.54) is 0 Å². The van der Waals surface area contributed by atoms with Gasteiger partial charge >= 0.3 is 0 Å². The summed E-state index contributed by atoms with van der Waals surface area (Å²) < 4.78 is 9.25. The molecule has 0 radical (unpaired) electrons. The van der Waals surface area contributed by atoms with Crippen LogP contribution >= 0.6 is 0 Å². The smallest absolute Gasteiger partial charge is 0.118 e.